The summed E-state index contributed by atoms with van der Waals surface area (Å²) in [5.74, 6) is 0.214. The minimum atomic E-state index is -0.409. The molecule has 1 N–H and O–H groups in total. The smallest absolute Gasteiger partial charge is 0.341 e. The first-order valence-corrected chi connectivity index (χ1v) is 6.66. The lowest BCUT2D eigenvalue weighted by Gasteiger charge is -2.09. The van der Waals surface area contributed by atoms with Crippen molar-refractivity contribution in [3.05, 3.63) is 47.3 Å². The van der Waals surface area contributed by atoms with Gasteiger partial charge in [-0.25, -0.2) is 4.79 Å². The van der Waals surface area contributed by atoms with Crippen LogP contribution in [0.3, 0.4) is 0 Å². The maximum atomic E-state index is 11.8. The molecule has 0 aliphatic carbocycles. The van der Waals surface area contributed by atoms with Crippen LogP contribution in [0.4, 0.5) is 0 Å². The van der Waals surface area contributed by atoms with Gasteiger partial charge in [0.15, 0.2) is 0 Å². The normalized spacial score (nSPS) is 10.4. The number of aliphatic hydroxyl groups excluding tert-OH is 1. The van der Waals surface area contributed by atoms with E-state index in [2.05, 4.69) is 5.10 Å². The first-order valence-electron chi connectivity index (χ1n) is 6.66. The van der Waals surface area contributed by atoms with Crippen LogP contribution in [0.25, 0.3) is 0 Å². The summed E-state index contributed by atoms with van der Waals surface area (Å²) in [7, 11) is 1.74. The Labute approximate surface area is 122 Å². The lowest BCUT2D eigenvalue weighted by atomic mass is 10.2. The second kappa shape index (κ2) is 6.90. The molecule has 6 heteroatoms. The van der Waals surface area contributed by atoms with E-state index in [9.17, 15) is 4.79 Å². The number of esters is 1. The molecule has 2 rings (SSSR count). The van der Waals surface area contributed by atoms with E-state index in [4.69, 9.17) is 14.6 Å². The fraction of sp³-hybridized carbons (Fsp3) is 0.333. The van der Waals surface area contributed by atoms with Crippen LogP contribution in [0.15, 0.2) is 30.5 Å². The Morgan fingerprint density at radius 1 is 1.43 bits per heavy atom. The number of hydrogen-bond donors (Lipinski definition) is 1. The number of rotatable bonds is 6. The zero-order valence-corrected chi connectivity index (χ0v) is 12.1. The minimum Gasteiger partial charge on any atom is -0.487 e. The Morgan fingerprint density at radius 2 is 2.24 bits per heavy atom. The van der Waals surface area contributed by atoms with Crippen LogP contribution in [-0.4, -0.2) is 27.5 Å². The molecule has 1 aromatic carbocycles. The molecule has 0 aliphatic heterocycles. The van der Waals surface area contributed by atoms with Crippen molar-refractivity contribution in [3.8, 4) is 5.75 Å². The van der Waals surface area contributed by atoms with E-state index in [0.717, 1.165) is 5.56 Å². The molecule has 21 heavy (non-hydrogen) atoms. The summed E-state index contributed by atoms with van der Waals surface area (Å²) in [6, 6.07) is 7.15. The quantitative estimate of drug-likeness (QED) is 0.819. The van der Waals surface area contributed by atoms with Crippen molar-refractivity contribution in [1.29, 1.82) is 0 Å². The van der Waals surface area contributed by atoms with Gasteiger partial charge in [0.05, 0.1) is 25.1 Å². The standard InChI is InChI=1S/C15H18N2O4/c1-3-20-15(19)13-8-16-17(2)14(13)10-21-12-6-4-5-11(7-12)9-18/h4-8,18H,3,9-10H2,1-2H3. The summed E-state index contributed by atoms with van der Waals surface area (Å²) < 4.78 is 12.2. The van der Waals surface area contributed by atoms with E-state index in [1.807, 2.05) is 0 Å². The molecule has 2 aromatic rings. The van der Waals surface area contributed by atoms with Crippen LogP contribution >= 0.6 is 0 Å². The Morgan fingerprint density at radius 3 is 2.95 bits per heavy atom. The maximum Gasteiger partial charge on any atom is 0.341 e. The van der Waals surface area contributed by atoms with Crippen molar-refractivity contribution in [1.82, 2.24) is 9.78 Å². The molecule has 0 saturated heterocycles. The summed E-state index contributed by atoms with van der Waals surface area (Å²) in [5.41, 5.74) is 1.81. The molecule has 0 fully saturated rings. The zero-order chi connectivity index (χ0) is 15.2. The Balaban J connectivity index is 2.12. The molecule has 1 heterocycles. The third-order valence-corrected chi connectivity index (χ3v) is 3.01. The average molecular weight is 290 g/mol. The molecule has 0 bridgehead atoms. The van der Waals surface area contributed by atoms with Crippen molar-refractivity contribution in [2.24, 2.45) is 7.05 Å². The highest BCUT2D eigenvalue weighted by Crippen LogP contribution is 2.17. The van der Waals surface area contributed by atoms with E-state index in [-0.39, 0.29) is 13.2 Å². The SMILES string of the molecule is CCOC(=O)c1cnn(C)c1COc1cccc(CO)c1. The molecule has 0 amide bonds. The Bertz CT molecular complexity index is 622. The molecule has 0 atom stereocenters. The predicted molar refractivity (Wildman–Crippen MR) is 75.9 cm³/mol. The number of nitrogens with zero attached hydrogens (tertiary/aromatic N) is 2. The second-order valence-corrected chi connectivity index (χ2v) is 4.44. The molecule has 0 spiro atoms. The van der Waals surface area contributed by atoms with Gasteiger partial charge >= 0.3 is 5.97 Å². The molecule has 1 aromatic heterocycles. The molecule has 0 radical (unpaired) electrons. The Hall–Kier alpha value is -2.34. The monoisotopic (exact) mass is 290 g/mol. The Kier molecular flexibility index (Phi) is 4.94. The fourth-order valence-electron chi connectivity index (χ4n) is 1.90. The zero-order valence-electron chi connectivity index (χ0n) is 12.1. The molecule has 0 saturated carbocycles. The summed E-state index contributed by atoms with van der Waals surface area (Å²) in [6.45, 7) is 2.22. The van der Waals surface area contributed by atoms with E-state index in [1.165, 1.54) is 6.20 Å². The number of carbonyl (C=O) groups is 1. The summed E-state index contributed by atoms with van der Waals surface area (Å²) >= 11 is 0. The van der Waals surface area contributed by atoms with Crippen molar-refractivity contribution >= 4 is 5.97 Å². The van der Waals surface area contributed by atoms with Gasteiger partial charge in [-0.3, -0.25) is 4.68 Å². The number of aryl methyl sites for hydroxylation is 1. The highest BCUT2D eigenvalue weighted by molar-refractivity contribution is 5.90. The third-order valence-electron chi connectivity index (χ3n) is 3.01. The molecule has 0 aliphatic rings. The van der Waals surface area contributed by atoms with Gasteiger partial charge in [-0.2, -0.15) is 5.10 Å². The highest BCUT2D eigenvalue weighted by Gasteiger charge is 2.17. The number of aliphatic hydroxyl groups is 1. The molecule has 112 valence electrons. The van der Waals surface area contributed by atoms with Crippen LogP contribution < -0.4 is 4.74 Å². The van der Waals surface area contributed by atoms with Gasteiger partial charge in [-0.15, -0.1) is 0 Å². The lowest BCUT2D eigenvalue weighted by Crippen LogP contribution is -2.11. The maximum absolute atomic E-state index is 11.8. The van der Waals surface area contributed by atoms with Crippen LogP contribution in [0.2, 0.25) is 0 Å². The van der Waals surface area contributed by atoms with Crippen molar-refractivity contribution in [2.45, 2.75) is 20.1 Å². The third kappa shape index (κ3) is 3.61. The highest BCUT2D eigenvalue weighted by atomic mass is 16.5. The topological polar surface area (TPSA) is 73.6 Å². The van der Waals surface area contributed by atoms with Gasteiger partial charge in [0, 0.05) is 7.05 Å². The molecule has 0 unspecified atom stereocenters. The van der Waals surface area contributed by atoms with Crippen molar-refractivity contribution in [2.75, 3.05) is 6.61 Å². The van der Waals surface area contributed by atoms with E-state index in [0.29, 0.717) is 23.6 Å². The molecule has 6 nitrogen and oxygen atoms in total. The van der Waals surface area contributed by atoms with Crippen LogP contribution in [-0.2, 0) is 25.0 Å². The summed E-state index contributed by atoms with van der Waals surface area (Å²) in [6.07, 6.45) is 1.47. The van der Waals surface area contributed by atoms with Gasteiger partial charge in [0.2, 0.25) is 0 Å². The molecular formula is C15H18N2O4. The van der Waals surface area contributed by atoms with Crippen LogP contribution in [0, 0.1) is 0 Å². The minimum absolute atomic E-state index is 0.0447. The molecular weight excluding hydrogens is 272 g/mol. The first-order chi connectivity index (χ1) is 10.2. The van der Waals surface area contributed by atoms with Gasteiger partial charge < -0.3 is 14.6 Å². The number of ether oxygens (including phenoxy) is 2. The predicted octanol–water partition coefficient (Wildman–Crippen LogP) is 1.67. The lowest BCUT2D eigenvalue weighted by molar-refractivity contribution is 0.0523. The number of aromatic nitrogens is 2. The van der Waals surface area contributed by atoms with Gasteiger partial charge in [-0.1, -0.05) is 12.1 Å². The fourth-order valence-corrected chi connectivity index (χ4v) is 1.90. The second-order valence-electron chi connectivity index (χ2n) is 4.44. The number of benzene rings is 1. The van der Waals surface area contributed by atoms with Crippen molar-refractivity contribution in [3.63, 3.8) is 0 Å². The largest absolute Gasteiger partial charge is 0.487 e. The van der Waals surface area contributed by atoms with E-state index in [1.54, 1.807) is 42.9 Å². The summed E-state index contributed by atoms with van der Waals surface area (Å²) in [5, 5.41) is 13.2. The van der Waals surface area contributed by atoms with Gasteiger partial charge in [0.1, 0.15) is 17.9 Å². The first kappa shape index (κ1) is 15.1. The van der Waals surface area contributed by atoms with Crippen LogP contribution in [0.5, 0.6) is 5.75 Å². The van der Waals surface area contributed by atoms with E-state index >= 15 is 0 Å². The van der Waals surface area contributed by atoms with Gasteiger partial charge in [0.25, 0.3) is 0 Å². The average Bonchev–Trinajstić information content (AvgIpc) is 2.86. The van der Waals surface area contributed by atoms with Gasteiger partial charge in [-0.05, 0) is 24.6 Å². The number of hydrogen-bond acceptors (Lipinski definition) is 5. The number of carbonyl (C=O) groups excluding carboxylic acids is 1. The van der Waals surface area contributed by atoms with E-state index < -0.39 is 5.97 Å². The van der Waals surface area contributed by atoms with Crippen LogP contribution in [0.1, 0.15) is 28.5 Å². The van der Waals surface area contributed by atoms with Crippen molar-refractivity contribution < 1.29 is 19.4 Å². The summed E-state index contributed by atoms with van der Waals surface area (Å²) in [4.78, 5) is 11.8.